The van der Waals surface area contributed by atoms with Crippen LogP contribution in [0.4, 0.5) is 5.69 Å². The molecule has 0 spiro atoms. The first-order valence-corrected chi connectivity index (χ1v) is 10.1. The van der Waals surface area contributed by atoms with Crippen LogP contribution in [0.15, 0.2) is 33.7 Å². The van der Waals surface area contributed by atoms with Crippen molar-refractivity contribution in [1.82, 2.24) is 9.46 Å². The summed E-state index contributed by atoms with van der Waals surface area (Å²) in [5.74, 6) is -0.717. The number of nitrogens with zero attached hydrogens (tertiary/aromatic N) is 2. The Morgan fingerprint density at radius 3 is 2.50 bits per heavy atom. The molecule has 28 heavy (non-hydrogen) atoms. The van der Waals surface area contributed by atoms with E-state index in [1.165, 1.54) is 30.5 Å². The molecular weight excluding hydrogens is 386 g/mol. The SMILES string of the molecule is COC(=O)c1ccc(NC(=O)[C@H]2CCCN2S(=O)(=O)c2c(C)noc2C)cc1. The number of anilines is 1. The summed E-state index contributed by atoms with van der Waals surface area (Å²) in [7, 11) is -2.63. The van der Waals surface area contributed by atoms with Crippen molar-refractivity contribution in [3.05, 3.63) is 41.3 Å². The number of aromatic nitrogens is 1. The van der Waals surface area contributed by atoms with Crippen LogP contribution in [-0.2, 0) is 19.6 Å². The van der Waals surface area contributed by atoms with Crippen LogP contribution in [0, 0.1) is 13.8 Å². The summed E-state index contributed by atoms with van der Waals surface area (Å²) in [6.07, 6.45) is 0.983. The molecule has 1 aromatic heterocycles. The molecule has 1 aromatic carbocycles. The molecule has 10 heteroatoms. The van der Waals surface area contributed by atoms with Crippen LogP contribution >= 0.6 is 0 Å². The van der Waals surface area contributed by atoms with E-state index < -0.39 is 27.9 Å². The maximum atomic E-state index is 13.1. The molecule has 150 valence electrons. The van der Waals surface area contributed by atoms with Gasteiger partial charge in [0.25, 0.3) is 0 Å². The lowest BCUT2D eigenvalue weighted by atomic mass is 10.2. The quantitative estimate of drug-likeness (QED) is 0.752. The number of nitrogens with one attached hydrogen (secondary N) is 1. The molecule has 1 aliphatic rings. The van der Waals surface area contributed by atoms with Gasteiger partial charge in [-0.05, 0) is 51.0 Å². The van der Waals surface area contributed by atoms with Gasteiger partial charge in [-0.1, -0.05) is 5.16 Å². The summed E-state index contributed by atoms with van der Waals surface area (Å²) in [5.41, 5.74) is 1.07. The van der Waals surface area contributed by atoms with Crippen LogP contribution in [0.5, 0.6) is 0 Å². The second-order valence-corrected chi connectivity index (χ2v) is 8.31. The van der Waals surface area contributed by atoms with E-state index in [0.717, 1.165) is 0 Å². The summed E-state index contributed by atoms with van der Waals surface area (Å²) >= 11 is 0. The van der Waals surface area contributed by atoms with Crippen molar-refractivity contribution < 1.29 is 27.3 Å². The lowest BCUT2D eigenvalue weighted by molar-refractivity contribution is -0.119. The normalized spacial score (nSPS) is 17.5. The van der Waals surface area contributed by atoms with Gasteiger partial charge in [-0.15, -0.1) is 0 Å². The summed E-state index contributed by atoms with van der Waals surface area (Å²) in [5, 5.41) is 6.41. The van der Waals surface area contributed by atoms with E-state index in [4.69, 9.17) is 4.52 Å². The Kier molecular flexibility index (Phi) is 5.52. The number of hydrogen-bond donors (Lipinski definition) is 1. The zero-order valence-electron chi connectivity index (χ0n) is 15.8. The molecule has 1 saturated heterocycles. The minimum absolute atomic E-state index is 0.00892. The topological polar surface area (TPSA) is 119 Å². The summed E-state index contributed by atoms with van der Waals surface area (Å²) in [4.78, 5) is 24.2. The van der Waals surface area contributed by atoms with Crippen molar-refractivity contribution >= 4 is 27.6 Å². The molecule has 0 aliphatic carbocycles. The van der Waals surface area contributed by atoms with Crippen LogP contribution < -0.4 is 5.32 Å². The van der Waals surface area contributed by atoms with Gasteiger partial charge >= 0.3 is 5.97 Å². The second kappa shape index (κ2) is 7.72. The van der Waals surface area contributed by atoms with Gasteiger partial charge in [0.1, 0.15) is 16.6 Å². The highest BCUT2D eigenvalue weighted by Crippen LogP contribution is 2.30. The maximum absolute atomic E-state index is 13.1. The van der Waals surface area contributed by atoms with Gasteiger partial charge in [-0.3, -0.25) is 4.79 Å². The number of carbonyl (C=O) groups is 2. The number of ether oxygens (including phenoxy) is 1. The average molecular weight is 407 g/mol. The zero-order chi connectivity index (χ0) is 20.5. The lowest BCUT2D eigenvalue weighted by Crippen LogP contribution is -2.43. The largest absolute Gasteiger partial charge is 0.465 e. The number of hydrogen-bond acceptors (Lipinski definition) is 7. The predicted molar refractivity (Wildman–Crippen MR) is 99.3 cm³/mol. The summed E-state index contributed by atoms with van der Waals surface area (Å²) < 4.78 is 36.9. The van der Waals surface area contributed by atoms with E-state index >= 15 is 0 Å². The Bertz CT molecular complexity index is 977. The predicted octanol–water partition coefficient (Wildman–Crippen LogP) is 1.87. The monoisotopic (exact) mass is 407 g/mol. The molecule has 3 rings (SSSR count). The molecule has 9 nitrogen and oxygen atoms in total. The van der Waals surface area contributed by atoms with Gasteiger partial charge in [-0.2, -0.15) is 4.31 Å². The molecule has 1 fully saturated rings. The number of esters is 1. The Hall–Kier alpha value is -2.72. The van der Waals surface area contributed by atoms with Crippen LogP contribution in [0.25, 0.3) is 0 Å². The third kappa shape index (κ3) is 3.65. The van der Waals surface area contributed by atoms with Gasteiger partial charge in [0.2, 0.25) is 15.9 Å². The zero-order valence-corrected chi connectivity index (χ0v) is 16.6. The van der Waals surface area contributed by atoms with Gasteiger partial charge in [0.05, 0.1) is 12.7 Å². The number of sulfonamides is 1. The number of carbonyl (C=O) groups excluding carboxylic acids is 2. The van der Waals surface area contributed by atoms with E-state index in [0.29, 0.717) is 24.1 Å². The van der Waals surface area contributed by atoms with E-state index in [1.807, 2.05) is 0 Å². The Balaban J connectivity index is 1.79. The molecule has 2 heterocycles. The number of methoxy groups -OCH3 is 1. The van der Waals surface area contributed by atoms with Crippen LogP contribution in [0.1, 0.15) is 34.7 Å². The highest BCUT2D eigenvalue weighted by molar-refractivity contribution is 7.89. The molecule has 1 atom stereocenters. The van der Waals surface area contributed by atoms with E-state index in [9.17, 15) is 18.0 Å². The van der Waals surface area contributed by atoms with Gasteiger partial charge in [0.15, 0.2) is 5.76 Å². The minimum atomic E-state index is -3.91. The third-order valence-electron chi connectivity index (χ3n) is 4.61. The Morgan fingerprint density at radius 1 is 1.25 bits per heavy atom. The van der Waals surface area contributed by atoms with E-state index in [2.05, 4.69) is 15.2 Å². The van der Waals surface area contributed by atoms with Crippen molar-refractivity contribution in [2.75, 3.05) is 19.0 Å². The fraction of sp³-hybridized carbons (Fsp3) is 0.389. The molecule has 0 radical (unpaired) electrons. The van der Waals surface area contributed by atoms with Crippen LogP contribution in [0.2, 0.25) is 0 Å². The number of aryl methyl sites for hydroxylation is 2. The molecule has 0 unspecified atom stereocenters. The number of benzene rings is 1. The third-order valence-corrected chi connectivity index (χ3v) is 6.77. The van der Waals surface area contributed by atoms with Crippen LogP contribution in [0.3, 0.4) is 0 Å². The first kappa shape index (κ1) is 20.0. The van der Waals surface area contributed by atoms with Gasteiger partial charge in [0, 0.05) is 12.2 Å². The second-order valence-electron chi connectivity index (χ2n) is 6.49. The van der Waals surface area contributed by atoms with Crippen molar-refractivity contribution in [2.24, 2.45) is 0 Å². The van der Waals surface area contributed by atoms with Crippen molar-refractivity contribution in [1.29, 1.82) is 0 Å². The van der Waals surface area contributed by atoms with Crippen molar-refractivity contribution in [3.8, 4) is 0 Å². The molecular formula is C18H21N3O6S. The average Bonchev–Trinajstić information content (AvgIpc) is 3.29. The van der Waals surface area contributed by atoms with Crippen LogP contribution in [-0.4, -0.2) is 49.5 Å². The first-order chi connectivity index (χ1) is 13.3. The van der Waals surface area contributed by atoms with Crippen molar-refractivity contribution in [2.45, 2.75) is 37.6 Å². The summed E-state index contributed by atoms with van der Waals surface area (Å²) in [6.45, 7) is 3.32. The minimum Gasteiger partial charge on any atom is -0.465 e. The lowest BCUT2D eigenvalue weighted by Gasteiger charge is -2.23. The molecule has 0 saturated carbocycles. The van der Waals surface area contributed by atoms with Gasteiger partial charge < -0.3 is 14.6 Å². The molecule has 1 aliphatic heterocycles. The molecule has 1 N–H and O–H groups in total. The fourth-order valence-electron chi connectivity index (χ4n) is 3.28. The number of amides is 1. The smallest absolute Gasteiger partial charge is 0.337 e. The highest BCUT2D eigenvalue weighted by atomic mass is 32.2. The molecule has 2 aromatic rings. The maximum Gasteiger partial charge on any atom is 0.337 e. The van der Waals surface area contributed by atoms with E-state index in [-0.39, 0.29) is 22.9 Å². The fourth-order valence-corrected chi connectivity index (χ4v) is 5.23. The highest BCUT2D eigenvalue weighted by Gasteiger charge is 2.41. The Labute approximate surface area is 162 Å². The first-order valence-electron chi connectivity index (χ1n) is 8.69. The molecule has 0 bridgehead atoms. The molecule has 1 amide bonds. The summed E-state index contributed by atoms with van der Waals surface area (Å²) in [6, 6.07) is 5.33. The van der Waals surface area contributed by atoms with E-state index in [1.54, 1.807) is 19.1 Å². The Morgan fingerprint density at radius 2 is 1.93 bits per heavy atom. The van der Waals surface area contributed by atoms with Crippen molar-refractivity contribution in [3.63, 3.8) is 0 Å². The number of rotatable bonds is 5. The standard InChI is InChI=1S/C18H21N3O6S/c1-11-16(12(2)27-20-11)28(24,25)21-10-4-5-15(21)17(22)19-14-8-6-13(7-9-14)18(23)26-3/h6-9,15H,4-5,10H2,1-3H3,(H,19,22)/t15-/m1/s1. The van der Waals surface area contributed by atoms with Gasteiger partial charge in [-0.25, -0.2) is 13.2 Å².